The Morgan fingerprint density at radius 1 is 1.47 bits per heavy atom. The molecule has 1 aromatic carbocycles. The quantitative estimate of drug-likeness (QED) is 0.855. The Balaban J connectivity index is 2.06. The Labute approximate surface area is 127 Å². The minimum absolute atomic E-state index is 0.631. The van der Waals surface area contributed by atoms with Gasteiger partial charge in [0.1, 0.15) is 0 Å². The minimum Gasteiger partial charge on any atom is -0.493 e. The van der Waals surface area contributed by atoms with Gasteiger partial charge in [0.2, 0.25) is 0 Å². The van der Waals surface area contributed by atoms with Gasteiger partial charge in [0.05, 0.1) is 18.2 Å². The van der Waals surface area contributed by atoms with E-state index in [2.05, 4.69) is 27.3 Å². The molecule has 0 aromatic heterocycles. The van der Waals surface area contributed by atoms with E-state index in [1.165, 1.54) is 23.5 Å². The van der Waals surface area contributed by atoms with Gasteiger partial charge in [0, 0.05) is 18.3 Å². The zero-order valence-corrected chi connectivity index (χ0v) is 13.8. The molecule has 1 aromatic rings. The molecule has 1 heterocycles. The molecule has 2 rings (SSSR count). The standard InChI is InChI=1S/C14H20BrNO2S/c1-3-18-14-12(15)6-10(7-13(14)17-2)8-16-11-4-5-19-9-11/h6-7,11,16H,3-5,8-9H2,1-2H3. The minimum atomic E-state index is 0.631. The maximum Gasteiger partial charge on any atom is 0.175 e. The number of methoxy groups -OCH3 is 1. The average Bonchev–Trinajstić information content (AvgIpc) is 2.92. The molecular weight excluding hydrogens is 326 g/mol. The van der Waals surface area contributed by atoms with Crippen molar-refractivity contribution in [3.63, 3.8) is 0 Å². The molecule has 19 heavy (non-hydrogen) atoms. The molecular formula is C14H20BrNO2S. The van der Waals surface area contributed by atoms with Gasteiger partial charge >= 0.3 is 0 Å². The van der Waals surface area contributed by atoms with Crippen LogP contribution >= 0.6 is 27.7 Å². The number of nitrogens with one attached hydrogen (secondary N) is 1. The number of benzene rings is 1. The molecule has 0 spiro atoms. The lowest BCUT2D eigenvalue weighted by atomic mass is 10.1. The zero-order valence-electron chi connectivity index (χ0n) is 11.4. The van der Waals surface area contributed by atoms with E-state index in [9.17, 15) is 0 Å². The van der Waals surface area contributed by atoms with Crippen LogP contribution in [0.3, 0.4) is 0 Å². The Morgan fingerprint density at radius 2 is 2.32 bits per heavy atom. The van der Waals surface area contributed by atoms with E-state index in [1.54, 1.807) is 7.11 Å². The number of halogens is 1. The van der Waals surface area contributed by atoms with Crippen molar-refractivity contribution in [2.75, 3.05) is 25.2 Å². The first-order valence-corrected chi connectivity index (χ1v) is 8.49. The summed E-state index contributed by atoms with van der Waals surface area (Å²) in [5, 5.41) is 3.59. The molecule has 1 atom stereocenters. The van der Waals surface area contributed by atoms with Gasteiger partial charge in [-0.3, -0.25) is 0 Å². The third-order valence-electron chi connectivity index (χ3n) is 3.10. The van der Waals surface area contributed by atoms with Gasteiger partial charge in [0.15, 0.2) is 11.5 Å². The zero-order chi connectivity index (χ0) is 13.7. The van der Waals surface area contributed by atoms with Crippen molar-refractivity contribution >= 4 is 27.7 Å². The van der Waals surface area contributed by atoms with Crippen LogP contribution in [0.15, 0.2) is 16.6 Å². The second kappa shape index (κ2) is 7.41. The first-order chi connectivity index (χ1) is 9.24. The average molecular weight is 346 g/mol. The molecule has 0 saturated carbocycles. The van der Waals surface area contributed by atoms with Gasteiger partial charge in [-0.1, -0.05) is 0 Å². The van der Waals surface area contributed by atoms with Crippen molar-refractivity contribution in [2.24, 2.45) is 0 Å². The van der Waals surface area contributed by atoms with Crippen LogP contribution in [-0.4, -0.2) is 31.3 Å². The highest BCUT2D eigenvalue weighted by Crippen LogP contribution is 2.36. The monoisotopic (exact) mass is 345 g/mol. The number of ether oxygens (including phenoxy) is 2. The summed E-state index contributed by atoms with van der Waals surface area (Å²) < 4.78 is 12.0. The molecule has 0 aliphatic carbocycles. The van der Waals surface area contributed by atoms with Gasteiger partial charge < -0.3 is 14.8 Å². The van der Waals surface area contributed by atoms with Crippen LogP contribution in [0.25, 0.3) is 0 Å². The summed E-state index contributed by atoms with van der Waals surface area (Å²) in [6, 6.07) is 4.79. The highest BCUT2D eigenvalue weighted by atomic mass is 79.9. The van der Waals surface area contributed by atoms with Crippen LogP contribution in [0.4, 0.5) is 0 Å². The molecule has 1 N–H and O–H groups in total. The third-order valence-corrected chi connectivity index (χ3v) is 4.85. The predicted octanol–water partition coefficient (Wildman–Crippen LogP) is 3.45. The maximum absolute atomic E-state index is 5.60. The van der Waals surface area contributed by atoms with Crippen molar-refractivity contribution < 1.29 is 9.47 Å². The predicted molar refractivity (Wildman–Crippen MR) is 84.4 cm³/mol. The summed E-state index contributed by atoms with van der Waals surface area (Å²) in [4.78, 5) is 0. The molecule has 1 aliphatic rings. The van der Waals surface area contributed by atoms with Crippen molar-refractivity contribution in [1.82, 2.24) is 5.32 Å². The van der Waals surface area contributed by atoms with E-state index in [0.717, 1.165) is 22.5 Å². The van der Waals surface area contributed by atoms with Crippen molar-refractivity contribution in [3.05, 3.63) is 22.2 Å². The van der Waals surface area contributed by atoms with Crippen molar-refractivity contribution in [1.29, 1.82) is 0 Å². The molecule has 0 amide bonds. The Morgan fingerprint density at radius 3 is 2.95 bits per heavy atom. The highest BCUT2D eigenvalue weighted by molar-refractivity contribution is 9.10. The van der Waals surface area contributed by atoms with Crippen LogP contribution in [0.5, 0.6) is 11.5 Å². The van der Waals surface area contributed by atoms with Crippen LogP contribution in [-0.2, 0) is 6.54 Å². The van der Waals surface area contributed by atoms with Gasteiger partial charge in [-0.25, -0.2) is 0 Å². The molecule has 5 heteroatoms. The smallest absolute Gasteiger partial charge is 0.175 e. The van der Waals surface area contributed by atoms with E-state index >= 15 is 0 Å². The van der Waals surface area contributed by atoms with Crippen LogP contribution in [0.1, 0.15) is 18.9 Å². The fraction of sp³-hybridized carbons (Fsp3) is 0.571. The summed E-state index contributed by atoms with van der Waals surface area (Å²) in [7, 11) is 1.68. The number of hydrogen-bond acceptors (Lipinski definition) is 4. The largest absolute Gasteiger partial charge is 0.493 e. The summed E-state index contributed by atoms with van der Waals surface area (Å²) in [6.45, 7) is 3.47. The molecule has 0 bridgehead atoms. The fourth-order valence-corrected chi connectivity index (χ4v) is 3.91. The fourth-order valence-electron chi connectivity index (χ4n) is 2.12. The number of hydrogen-bond donors (Lipinski definition) is 1. The van der Waals surface area contributed by atoms with E-state index in [0.29, 0.717) is 12.6 Å². The van der Waals surface area contributed by atoms with E-state index in [-0.39, 0.29) is 0 Å². The van der Waals surface area contributed by atoms with E-state index in [1.807, 2.05) is 24.8 Å². The summed E-state index contributed by atoms with van der Waals surface area (Å²) in [5.74, 6) is 4.06. The molecule has 0 radical (unpaired) electrons. The normalized spacial score (nSPS) is 18.6. The van der Waals surface area contributed by atoms with Gasteiger partial charge in [-0.05, 0) is 52.7 Å². The molecule has 1 saturated heterocycles. The van der Waals surface area contributed by atoms with E-state index < -0.39 is 0 Å². The SMILES string of the molecule is CCOc1c(Br)cc(CNC2CCSC2)cc1OC. The maximum atomic E-state index is 5.60. The highest BCUT2D eigenvalue weighted by Gasteiger charge is 2.16. The number of thioether (sulfide) groups is 1. The Bertz CT molecular complexity index is 422. The van der Waals surface area contributed by atoms with Crippen LogP contribution < -0.4 is 14.8 Å². The molecule has 3 nitrogen and oxygen atoms in total. The third kappa shape index (κ3) is 4.04. The summed E-state index contributed by atoms with van der Waals surface area (Å²) in [6.07, 6.45) is 1.26. The van der Waals surface area contributed by atoms with Crippen molar-refractivity contribution in [3.8, 4) is 11.5 Å². The molecule has 1 aliphatic heterocycles. The molecule has 106 valence electrons. The van der Waals surface area contributed by atoms with Gasteiger partial charge in [-0.15, -0.1) is 0 Å². The van der Waals surface area contributed by atoms with Gasteiger partial charge in [-0.2, -0.15) is 11.8 Å². The topological polar surface area (TPSA) is 30.5 Å². The number of rotatable bonds is 6. The molecule has 1 fully saturated rings. The van der Waals surface area contributed by atoms with Crippen LogP contribution in [0, 0.1) is 0 Å². The lowest BCUT2D eigenvalue weighted by molar-refractivity contribution is 0.308. The van der Waals surface area contributed by atoms with E-state index in [4.69, 9.17) is 9.47 Å². The first kappa shape index (κ1) is 15.0. The van der Waals surface area contributed by atoms with Crippen molar-refractivity contribution in [2.45, 2.75) is 25.9 Å². The second-order valence-corrected chi connectivity index (χ2v) is 6.49. The molecule has 1 unspecified atom stereocenters. The second-order valence-electron chi connectivity index (χ2n) is 4.48. The summed E-state index contributed by atoms with van der Waals surface area (Å²) in [5.41, 5.74) is 1.21. The summed E-state index contributed by atoms with van der Waals surface area (Å²) >= 11 is 5.58. The Kier molecular flexibility index (Phi) is 5.85. The lowest BCUT2D eigenvalue weighted by Crippen LogP contribution is -2.27. The lowest BCUT2D eigenvalue weighted by Gasteiger charge is -2.15. The first-order valence-electron chi connectivity index (χ1n) is 6.55. The Hall–Kier alpha value is -0.390. The van der Waals surface area contributed by atoms with Crippen LogP contribution in [0.2, 0.25) is 0 Å². The van der Waals surface area contributed by atoms with Gasteiger partial charge in [0.25, 0.3) is 0 Å².